The molecule has 2 heterocycles. The Labute approximate surface area is 182 Å². The molecular weight excluding hydrogens is 400 g/mol. The lowest BCUT2D eigenvalue weighted by atomic mass is 9.96. The molecule has 4 rings (SSSR count). The van der Waals surface area contributed by atoms with E-state index in [2.05, 4.69) is 10.6 Å². The number of anilines is 1. The molecule has 9 nitrogen and oxygen atoms in total. The first-order valence-electron chi connectivity index (χ1n) is 11.1. The Kier molecular flexibility index (Phi) is 6.91. The highest BCUT2D eigenvalue weighted by molar-refractivity contribution is 5.97. The number of carbonyl (C=O) groups excluding carboxylic acids is 3. The van der Waals surface area contributed by atoms with Gasteiger partial charge in [-0.05, 0) is 25.0 Å². The molecule has 0 bridgehead atoms. The maximum atomic E-state index is 12.9. The van der Waals surface area contributed by atoms with Gasteiger partial charge in [0, 0.05) is 19.1 Å². The van der Waals surface area contributed by atoms with E-state index < -0.39 is 18.0 Å². The summed E-state index contributed by atoms with van der Waals surface area (Å²) in [5.74, 6) is 0.0284. The lowest BCUT2D eigenvalue weighted by Gasteiger charge is -2.38. The van der Waals surface area contributed by atoms with E-state index in [0.29, 0.717) is 32.1 Å². The van der Waals surface area contributed by atoms with Crippen LogP contribution in [0.5, 0.6) is 5.75 Å². The van der Waals surface area contributed by atoms with Gasteiger partial charge in [-0.15, -0.1) is 0 Å². The fourth-order valence-electron chi connectivity index (χ4n) is 4.38. The number of morpholine rings is 1. The van der Waals surface area contributed by atoms with Gasteiger partial charge in [-0.3, -0.25) is 14.9 Å². The van der Waals surface area contributed by atoms with Crippen LogP contribution in [-0.4, -0.2) is 74.3 Å². The monoisotopic (exact) mass is 430 g/mol. The second-order valence-corrected chi connectivity index (χ2v) is 8.25. The zero-order chi connectivity index (χ0) is 21.6. The maximum absolute atomic E-state index is 12.9. The molecule has 1 saturated carbocycles. The zero-order valence-electron chi connectivity index (χ0n) is 17.7. The van der Waals surface area contributed by atoms with Gasteiger partial charge >= 0.3 is 6.03 Å². The number of carbonyl (C=O) groups is 3. The van der Waals surface area contributed by atoms with Crippen LogP contribution in [0.2, 0.25) is 0 Å². The smallest absolute Gasteiger partial charge is 0.321 e. The Morgan fingerprint density at radius 2 is 1.77 bits per heavy atom. The molecule has 2 aliphatic heterocycles. The third kappa shape index (κ3) is 5.46. The van der Waals surface area contributed by atoms with Gasteiger partial charge in [-0.1, -0.05) is 31.4 Å². The van der Waals surface area contributed by atoms with E-state index >= 15 is 0 Å². The standard InChI is InChI=1S/C22H30N4O5/c27-20(24-22(29)23-16-6-2-1-3-7-16)15-26-14-19(21(28)25-10-12-30-13-11-25)31-18-9-5-4-8-17(18)26/h4-5,8-9,16,19H,1-3,6-7,10-15H2,(H2,23,24,27,29). The lowest BCUT2D eigenvalue weighted by molar-refractivity contribution is -0.142. The molecule has 0 spiro atoms. The predicted octanol–water partition coefficient (Wildman–Crippen LogP) is 1.27. The second-order valence-electron chi connectivity index (χ2n) is 8.25. The summed E-state index contributed by atoms with van der Waals surface area (Å²) >= 11 is 0. The first-order valence-corrected chi connectivity index (χ1v) is 11.1. The molecule has 3 aliphatic rings. The second kappa shape index (κ2) is 10.00. The van der Waals surface area contributed by atoms with Crippen LogP contribution in [-0.2, 0) is 14.3 Å². The summed E-state index contributed by atoms with van der Waals surface area (Å²) in [4.78, 5) is 41.3. The van der Waals surface area contributed by atoms with Gasteiger partial charge in [0.25, 0.3) is 5.91 Å². The quantitative estimate of drug-likeness (QED) is 0.746. The number of ether oxygens (including phenoxy) is 2. The van der Waals surface area contributed by atoms with Crippen LogP contribution in [0.15, 0.2) is 24.3 Å². The van der Waals surface area contributed by atoms with Crippen LogP contribution in [0.4, 0.5) is 10.5 Å². The molecule has 0 radical (unpaired) electrons. The summed E-state index contributed by atoms with van der Waals surface area (Å²) in [5.41, 5.74) is 0.733. The number of benzene rings is 1. The Bertz CT molecular complexity index is 805. The minimum atomic E-state index is -0.711. The van der Waals surface area contributed by atoms with Crippen molar-refractivity contribution < 1.29 is 23.9 Å². The van der Waals surface area contributed by atoms with E-state index in [1.165, 1.54) is 6.42 Å². The highest BCUT2D eigenvalue weighted by Gasteiger charge is 2.34. The van der Waals surface area contributed by atoms with Gasteiger partial charge in [-0.2, -0.15) is 0 Å². The molecule has 1 atom stereocenters. The Hall–Kier alpha value is -2.81. The molecule has 2 fully saturated rings. The van der Waals surface area contributed by atoms with E-state index in [9.17, 15) is 14.4 Å². The van der Waals surface area contributed by atoms with Crippen molar-refractivity contribution in [1.82, 2.24) is 15.5 Å². The van der Waals surface area contributed by atoms with Gasteiger partial charge in [0.15, 0.2) is 6.10 Å². The molecule has 1 aromatic rings. The third-order valence-electron chi connectivity index (χ3n) is 5.99. The largest absolute Gasteiger partial charge is 0.477 e. The molecule has 1 aromatic carbocycles. The van der Waals surface area contributed by atoms with Crippen LogP contribution in [0.3, 0.4) is 0 Å². The molecule has 4 amide bonds. The number of rotatable bonds is 4. The first kappa shape index (κ1) is 21.4. The molecule has 1 aliphatic carbocycles. The first-order chi connectivity index (χ1) is 15.1. The van der Waals surface area contributed by atoms with Gasteiger partial charge in [0.1, 0.15) is 5.75 Å². The number of amides is 4. The molecule has 168 valence electrons. The van der Waals surface area contributed by atoms with E-state index in [-0.39, 0.29) is 25.0 Å². The Morgan fingerprint density at radius 1 is 1.03 bits per heavy atom. The molecule has 1 saturated heterocycles. The Morgan fingerprint density at radius 3 is 2.55 bits per heavy atom. The number of hydrogen-bond acceptors (Lipinski definition) is 6. The number of hydrogen-bond donors (Lipinski definition) is 2. The van der Waals surface area contributed by atoms with Crippen LogP contribution in [0.1, 0.15) is 32.1 Å². The average Bonchev–Trinajstić information content (AvgIpc) is 2.79. The van der Waals surface area contributed by atoms with E-state index in [4.69, 9.17) is 9.47 Å². The SMILES string of the molecule is O=C(CN1CC(C(=O)N2CCOCC2)Oc2ccccc21)NC(=O)NC1CCCCC1. The number of urea groups is 1. The van der Waals surface area contributed by atoms with Crippen molar-refractivity contribution in [2.75, 3.05) is 44.3 Å². The van der Waals surface area contributed by atoms with Gasteiger partial charge in [0.05, 0.1) is 32.0 Å². The van der Waals surface area contributed by atoms with Crippen LogP contribution in [0.25, 0.3) is 0 Å². The zero-order valence-corrected chi connectivity index (χ0v) is 17.7. The lowest BCUT2D eigenvalue weighted by Crippen LogP contribution is -2.55. The summed E-state index contributed by atoms with van der Waals surface area (Å²) in [7, 11) is 0. The molecule has 0 aromatic heterocycles. The molecule has 1 unspecified atom stereocenters. The summed E-state index contributed by atoms with van der Waals surface area (Å²) in [5, 5.41) is 5.32. The van der Waals surface area contributed by atoms with E-state index in [1.54, 1.807) is 15.9 Å². The summed E-state index contributed by atoms with van der Waals surface area (Å²) in [6.07, 6.45) is 4.58. The number of nitrogens with zero attached hydrogens (tertiary/aromatic N) is 2. The van der Waals surface area contributed by atoms with Crippen molar-refractivity contribution >= 4 is 23.5 Å². The van der Waals surface area contributed by atoms with Crippen LogP contribution in [0, 0.1) is 0 Å². The van der Waals surface area contributed by atoms with Crippen molar-refractivity contribution in [2.45, 2.75) is 44.2 Å². The normalized spacial score (nSPS) is 21.6. The van der Waals surface area contributed by atoms with Crippen molar-refractivity contribution in [3.63, 3.8) is 0 Å². The average molecular weight is 431 g/mol. The summed E-state index contributed by atoms with van der Waals surface area (Å²) in [6, 6.07) is 6.98. The topological polar surface area (TPSA) is 100 Å². The van der Waals surface area contributed by atoms with Crippen molar-refractivity contribution in [1.29, 1.82) is 0 Å². The van der Waals surface area contributed by atoms with Crippen molar-refractivity contribution in [2.24, 2.45) is 0 Å². The maximum Gasteiger partial charge on any atom is 0.321 e. The minimum absolute atomic E-state index is 0.0364. The molecular formula is C22H30N4O5. The molecule has 9 heteroatoms. The fourth-order valence-corrected chi connectivity index (χ4v) is 4.38. The fraction of sp³-hybridized carbons (Fsp3) is 0.591. The van der Waals surface area contributed by atoms with Gasteiger partial charge in [0.2, 0.25) is 5.91 Å². The number of imide groups is 1. The van der Waals surface area contributed by atoms with Crippen LogP contribution < -0.4 is 20.3 Å². The number of nitrogens with one attached hydrogen (secondary N) is 2. The Balaban J connectivity index is 1.38. The third-order valence-corrected chi connectivity index (χ3v) is 5.99. The van der Waals surface area contributed by atoms with E-state index in [0.717, 1.165) is 31.4 Å². The molecule has 31 heavy (non-hydrogen) atoms. The molecule has 2 N–H and O–H groups in total. The van der Waals surface area contributed by atoms with Gasteiger partial charge < -0.3 is 24.6 Å². The summed E-state index contributed by atoms with van der Waals surface area (Å²) in [6.45, 7) is 2.29. The minimum Gasteiger partial charge on any atom is -0.477 e. The predicted molar refractivity (Wildman–Crippen MR) is 114 cm³/mol. The van der Waals surface area contributed by atoms with Crippen molar-refractivity contribution in [3.05, 3.63) is 24.3 Å². The van der Waals surface area contributed by atoms with Crippen molar-refractivity contribution in [3.8, 4) is 5.75 Å². The van der Waals surface area contributed by atoms with E-state index in [1.807, 2.05) is 18.2 Å². The van der Waals surface area contributed by atoms with Crippen LogP contribution >= 0.6 is 0 Å². The number of para-hydroxylation sites is 2. The highest BCUT2D eigenvalue weighted by Crippen LogP contribution is 2.33. The summed E-state index contributed by atoms with van der Waals surface area (Å²) < 4.78 is 11.3. The van der Waals surface area contributed by atoms with Gasteiger partial charge in [-0.25, -0.2) is 4.79 Å². The number of fused-ring (bicyclic) bond motifs is 1. The highest BCUT2D eigenvalue weighted by atomic mass is 16.5.